The lowest BCUT2D eigenvalue weighted by Gasteiger charge is -2.29. The highest BCUT2D eigenvalue weighted by molar-refractivity contribution is 8.18. The molecule has 0 N–H and O–H groups in total. The van der Waals surface area contributed by atoms with Crippen LogP contribution in [0.5, 0.6) is 0 Å². The normalized spacial score (nSPS) is 18.1. The van der Waals surface area contributed by atoms with Crippen molar-refractivity contribution in [1.29, 1.82) is 0 Å². The van der Waals surface area contributed by atoms with Crippen LogP contribution in [0.3, 0.4) is 0 Å². The zero-order valence-corrected chi connectivity index (χ0v) is 15.3. The van der Waals surface area contributed by atoms with E-state index in [1.54, 1.807) is 35.5 Å². The largest absolute Gasteiger partial charge is 0.336 e. The van der Waals surface area contributed by atoms with Gasteiger partial charge in [-0.05, 0) is 47.0 Å². The number of fused-ring (bicyclic) bond motifs is 1. The molecule has 3 amide bonds. The van der Waals surface area contributed by atoms with Crippen molar-refractivity contribution in [3.63, 3.8) is 0 Å². The van der Waals surface area contributed by atoms with Gasteiger partial charge in [0.25, 0.3) is 11.1 Å². The minimum atomic E-state index is -0.431. The molecular formula is C20H17N3O3S. The Hall–Kier alpha value is -2.93. The second-order valence-corrected chi connectivity index (χ2v) is 7.38. The van der Waals surface area contributed by atoms with Crippen molar-refractivity contribution in [3.05, 3.63) is 70.4 Å². The number of hydrogen-bond donors (Lipinski definition) is 0. The third-order valence-electron chi connectivity index (χ3n) is 4.63. The van der Waals surface area contributed by atoms with Crippen LogP contribution in [-0.4, -0.2) is 44.9 Å². The standard InChI is InChI=1S/C20H17N3O3S/c24-18(22-9-7-15-5-1-2-6-16(15)12-22)13-23-19(25)17(27-20(23)26)10-14-4-3-8-21-11-14/h1-6,8,10-11H,7,9,12-13H2/b17-10+. The van der Waals surface area contributed by atoms with Crippen molar-refractivity contribution < 1.29 is 14.4 Å². The molecule has 27 heavy (non-hydrogen) atoms. The Bertz CT molecular complexity index is 942. The van der Waals surface area contributed by atoms with Crippen molar-refractivity contribution in [2.75, 3.05) is 13.1 Å². The molecule has 7 heteroatoms. The molecule has 0 spiro atoms. The van der Waals surface area contributed by atoms with Crippen LogP contribution in [-0.2, 0) is 22.6 Å². The molecule has 1 fully saturated rings. The van der Waals surface area contributed by atoms with E-state index in [1.807, 2.05) is 18.2 Å². The molecule has 6 nitrogen and oxygen atoms in total. The summed E-state index contributed by atoms with van der Waals surface area (Å²) in [5.41, 5.74) is 3.09. The summed E-state index contributed by atoms with van der Waals surface area (Å²) in [5.74, 6) is -0.644. The molecule has 0 radical (unpaired) electrons. The quantitative estimate of drug-likeness (QED) is 0.767. The zero-order chi connectivity index (χ0) is 18.8. The monoisotopic (exact) mass is 379 g/mol. The lowest BCUT2D eigenvalue weighted by Crippen LogP contribution is -2.44. The SMILES string of the molecule is O=C(CN1C(=O)S/C(=C/c2cccnc2)C1=O)N1CCc2ccccc2C1. The first-order valence-electron chi connectivity index (χ1n) is 8.62. The van der Waals surface area contributed by atoms with Crippen LogP contribution in [0.1, 0.15) is 16.7 Å². The van der Waals surface area contributed by atoms with E-state index in [1.165, 1.54) is 5.56 Å². The third kappa shape index (κ3) is 3.64. The molecule has 1 aromatic heterocycles. The van der Waals surface area contributed by atoms with Crippen molar-refractivity contribution >= 4 is 34.9 Å². The van der Waals surface area contributed by atoms with Gasteiger partial charge in [-0.1, -0.05) is 30.3 Å². The molecule has 136 valence electrons. The molecule has 4 rings (SSSR count). The molecule has 2 aromatic rings. The summed E-state index contributed by atoms with van der Waals surface area (Å²) in [6.45, 7) is 0.881. The number of amides is 3. The average molecular weight is 379 g/mol. The highest BCUT2D eigenvalue weighted by atomic mass is 32.2. The van der Waals surface area contributed by atoms with Gasteiger partial charge in [0.2, 0.25) is 5.91 Å². The van der Waals surface area contributed by atoms with E-state index in [0.717, 1.165) is 34.2 Å². The third-order valence-corrected chi connectivity index (χ3v) is 5.54. The van der Waals surface area contributed by atoms with Crippen LogP contribution in [0.25, 0.3) is 6.08 Å². The van der Waals surface area contributed by atoms with Crippen LogP contribution in [0.2, 0.25) is 0 Å². The van der Waals surface area contributed by atoms with Crippen LogP contribution in [0.15, 0.2) is 53.7 Å². The number of hydrogen-bond acceptors (Lipinski definition) is 5. The molecule has 0 bridgehead atoms. The molecule has 0 aliphatic carbocycles. The summed E-state index contributed by atoms with van der Waals surface area (Å²) < 4.78 is 0. The summed E-state index contributed by atoms with van der Waals surface area (Å²) in [4.78, 5) is 44.5. The number of nitrogens with zero attached hydrogens (tertiary/aromatic N) is 3. The second kappa shape index (κ2) is 7.36. The maximum Gasteiger partial charge on any atom is 0.294 e. The number of rotatable bonds is 3. The van der Waals surface area contributed by atoms with Gasteiger partial charge in [-0.2, -0.15) is 0 Å². The second-order valence-electron chi connectivity index (χ2n) is 6.39. The van der Waals surface area contributed by atoms with E-state index in [0.29, 0.717) is 18.0 Å². The summed E-state index contributed by atoms with van der Waals surface area (Å²) in [6, 6.07) is 11.6. The van der Waals surface area contributed by atoms with Gasteiger partial charge >= 0.3 is 0 Å². The van der Waals surface area contributed by atoms with E-state index in [2.05, 4.69) is 11.1 Å². The Morgan fingerprint density at radius 2 is 1.96 bits per heavy atom. The van der Waals surface area contributed by atoms with Crippen molar-refractivity contribution in [2.45, 2.75) is 13.0 Å². The van der Waals surface area contributed by atoms with Crippen molar-refractivity contribution in [1.82, 2.24) is 14.8 Å². The first kappa shape index (κ1) is 17.5. The first-order chi connectivity index (χ1) is 13.1. The highest BCUT2D eigenvalue weighted by Gasteiger charge is 2.37. The van der Waals surface area contributed by atoms with Gasteiger partial charge in [-0.3, -0.25) is 24.3 Å². The lowest BCUT2D eigenvalue weighted by atomic mass is 10.00. The molecule has 2 aliphatic rings. The van der Waals surface area contributed by atoms with E-state index < -0.39 is 11.1 Å². The van der Waals surface area contributed by atoms with Gasteiger partial charge in [0.1, 0.15) is 6.54 Å². The summed E-state index contributed by atoms with van der Waals surface area (Å²) in [6.07, 6.45) is 5.66. The van der Waals surface area contributed by atoms with E-state index in [-0.39, 0.29) is 12.5 Å². The lowest BCUT2D eigenvalue weighted by molar-refractivity contribution is -0.136. The number of thioether (sulfide) groups is 1. The summed E-state index contributed by atoms with van der Waals surface area (Å²) in [7, 11) is 0. The fraction of sp³-hybridized carbons (Fsp3) is 0.200. The Balaban J connectivity index is 1.45. The number of aromatic nitrogens is 1. The Morgan fingerprint density at radius 3 is 2.74 bits per heavy atom. The Kier molecular flexibility index (Phi) is 4.77. The fourth-order valence-corrected chi connectivity index (χ4v) is 4.03. The van der Waals surface area contributed by atoms with E-state index >= 15 is 0 Å². The highest BCUT2D eigenvalue weighted by Crippen LogP contribution is 2.32. The molecule has 3 heterocycles. The predicted molar refractivity (Wildman–Crippen MR) is 102 cm³/mol. The minimum Gasteiger partial charge on any atom is -0.336 e. The number of imide groups is 1. The number of carbonyl (C=O) groups excluding carboxylic acids is 3. The van der Waals surface area contributed by atoms with Crippen molar-refractivity contribution in [3.8, 4) is 0 Å². The Labute approximate surface area is 160 Å². The topological polar surface area (TPSA) is 70.6 Å². The zero-order valence-electron chi connectivity index (χ0n) is 14.5. The van der Waals surface area contributed by atoms with Gasteiger partial charge in [0.15, 0.2) is 0 Å². The van der Waals surface area contributed by atoms with E-state index in [9.17, 15) is 14.4 Å². The summed E-state index contributed by atoms with van der Waals surface area (Å²) >= 11 is 0.854. The predicted octanol–water partition coefficient (Wildman–Crippen LogP) is 2.70. The van der Waals surface area contributed by atoms with E-state index in [4.69, 9.17) is 0 Å². The molecular weight excluding hydrogens is 362 g/mol. The number of benzene rings is 1. The number of pyridine rings is 1. The van der Waals surface area contributed by atoms with Gasteiger partial charge in [0, 0.05) is 25.5 Å². The van der Waals surface area contributed by atoms with Crippen molar-refractivity contribution in [2.24, 2.45) is 0 Å². The van der Waals surface area contributed by atoms with Gasteiger partial charge in [0.05, 0.1) is 4.91 Å². The fourth-order valence-electron chi connectivity index (χ4n) is 3.19. The van der Waals surface area contributed by atoms with Crippen LogP contribution in [0.4, 0.5) is 4.79 Å². The van der Waals surface area contributed by atoms with Crippen LogP contribution in [0, 0.1) is 0 Å². The molecule has 0 saturated carbocycles. The molecule has 0 unspecified atom stereocenters. The summed E-state index contributed by atoms with van der Waals surface area (Å²) in [5, 5.41) is -0.416. The minimum absolute atomic E-state index is 0.213. The maximum absolute atomic E-state index is 12.7. The Morgan fingerprint density at radius 1 is 1.15 bits per heavy atom. The van der Waals surface area contributed by atoms with Gasteiger partial charge < -0.3 is 4.90 Å². The molecule has 2 aliphatic heterocycles. The van der Waals surface area contributed by atoms with Crippen LogP contribution >= 0.6 is 11.8 Å². The molecule has 0 atom stereocenters. The number of carbonyl (C=O) groups is 3. The smallest absolute Gasteiger partial charge is 0.294 e. The van der Waals surface area contributed by atoms with Crippen LogP contribution < -0.4 is 0 Å². The first-order valence-corrected chi connectivity index (χ1v) is 9.43. The average Bonchev–Trinajstić information content (AvgIpc) is 2.95. The molecule has 1 saturated heterocycles. The maximum atomic E-state index is 12.7. The van der Waals surface area contributed by atoms with Gasteiger partial charge in [-0.25, -0.2) is 0 Å². The van der Waals surface area contributed by atoms with Gasteiger partial charge in [-0.15, -0.1) is 0 Å². The molecule has 1 aromatic carbocycles.